The summed E-state index contributed by atoms with van der Waals surface area (Å²) in [5.41, 5.74) is 4.38. The van der Waals surface area contributed by atoms with Crippen LogP contribution in [0.1, 0.15) is 10.4 Å². The molecule has 0 aromatic carbocycles. The largest absolute Gasteiger partial charge is 0.308 e. The third-order valence-corrected chi connectivity index (χ3v) is 1.22. The van der Waals surface area contributed by atoms with Gasteiger partial charge in [-0.15, -0.1) is 0 Å². The highest BCUT2D eigenvalue weighted by molar-refractivity contribution is 5.97. The molecular weight excluding hydrogens is 160 g/mol. The molecular formula is C5H8N6O. The third-order valence-electron chi connectivity index (χ3n) is 1.22. The first-order valence-electron chi connectivity index (χ1n) is 3.07. The van der Waals surface area contributed by atoms with Gasteiger partial charge in [0.05, 0.1) is 0 Å². The maximum Gasteiger partial charge on any atom is 0.270 e. The standard InChI is InChI=1S/C5H8N6O/c6-10-4-3(5(12)11-7)1-8-2-9-4/h1-2H,6-7H2,(H,11,12)(H,8,9,10). The van der Waals surface area contributed by atoms with Crippen LogP contribution in [0.15, 0.2) is 12.5 Å². The van der Waals surface area contributed by atoms with Crippen molar-refractivity contribution in [1.29, 1.82) is 0 Å². The van der Waals surface area contributed by atoms with Crippen molar-refractivity contribution in [3.8, 4) is 0 Å². The topological polar surface area (TPSA) is 119 Å². The lowest BCUT2D eigenvalue weighted by Gasteiger charge is -2.03. The predicted molar refractivity (Wildman–Crippen MR) is 41.5 cm³/mol. The zero-order valence-electron chi connectivity index (χ0n) is 6.11. The second kappa shape index (κ2) is 3.60. The van der Waals surface area contributed by atoms with E-state index in [1.54, 1.807) is 0 Å². The van der Waals surface area contributed by atoms with E-state index in [4.69, 9.17) is 11.7 Å². The molecule has 1 amide bonds. The number of nitrogen functional groups attached to an aromatic ring is 2. The Balaban J connectivity index is 3.04. The molecule has 0 unspecified atom stereocenters. The zero-order chi connectivity index (χ0) is 8.97. The number of carbonyl (C=O) groups is 1. The molecule has 0 bridgehead atoms. The van der Waals surface area contributed by atoms with Crippen molar-refractivity contribution >= 4 is 11.7 Å². The van der Waals surface area contributed by atoms with E-state index in [1.807, 2.05) is 5.43 Å². The van der Waals surface area contributed by atoms with Crippen molar-refractivity contribution < 1.29 is 4.79 Å². The van der Waals surface area contributed by atoms with E-state index in [2.05, 4.69) is 15.4 Å². The molecule has 0 saturated carbocycles. The highest BCUT2D eigenvalue weighted by atomic mass is 16.2. The summed E-state index contributed by atoms with van der Waals surface area (Å²) in [6.45, 7) is 0. The van der Waals surface area contributed by atoms with Crippen LogP contribution in [0.25, 0.3) is 0 Å². The summed E-state index contributed by atoms with van der Waals surface area (Å²) in [5, 5.41) is 0. The van der Waals surface area contributed by atoms with E-state index < -0.39 is 5.91 Å². The average molecular weight is 168 g/mol. The number of amides is 1. The van der Waals surface area contributed by atoms with Gasteiger partial charge in [0.2, 0.25) is 0 Å². The number of carbonyl (C=O) groups excluding carboxylic acids is 1. The first-order chi connectivity index (χ1) is 5.79. The number of hydrogen-bond donors (Lipinski definition) is 4. The molecule has 12 heavy (non-hydrogen) atoms. The lowest BCUT2D eigenvalue weighted by Crippen LogP contribution is -2.31. The van der Waals surface area contributed by atoms with Gasteiger partial charge in [0.25, 0.3) is 5.91 Å². The summed E-state index contributed by atoms with van der Waals surface area (Å²) in [5.74, 6) is 9.72. The number of nitrogens with zero attached hydrogens (tertiary/aromatic N) is 2. The highest BCUT2D eigenvalue weighted by Gasteiger charge is 2.09. The molecule has 0 fully saturated rings. The second-order valence-electron chi connectivity index (χ2n) is 1.90. The van der Waals surface area contributed by atoms with E-state index in [9.17, 15) is 4.79 Å². The summed E-state index contributed by atoms with van der Waals surface area (Å²) < 4.78 is 0. The number of rotatable bonds is 2. The number of nitrogens with one attached hydrogen (secondary N) is 2. The fourth-order valence-corrected chi connectivity index (χ4v) is 0.689. The molecule has 64 valence electrons. The average Bonchev–Trinajstić information content (AvgIpc) is 2.16. The maximum absolute atomic E-state index is 11.0. The van der Waals surface area contributed by atoms with E-state index in [0.29, 0.717) is 0 Å². The van der Waals surface area contributed by atoms with Crippen molar-refractivity contribution in [2.75, 3.05) is 5.43 Å². The van der Waals surface area contributed by atoms with Crippen LogP contribution in [0.3, 0.4) is 0 Å². The molecule has 6 N–H and O–H groups in total. The Morgan fingerprint density at radius 1 is 1.50 bits per heavy atom. The molecule has 0 radical (unpaired) electrons. The number of anilines is 1. The van der Waals surface area contributed by atoms with Gasteiger partial charge in [-0.25, -0.2) is 21.7 Å². The van der Waals surface area contributed by atoms with Gasteiger partial charge < -0.3 is 5.43 Å². The lowest BCUT2D eigenvalue weighted by molar-refractivity contribution is 0.0954. The number of aromatic nitrogens is 2. The van der Waals surface area contributed by atoms with Gasteiger partial charge >= 0.3 is 0 Å². The third kappa shape index (κ3) is 1.47. The highest BCUT2D eigenvalue weighted by Crippen LogP contribution is 2.06. The van der Waals surface area contributed by atoms with Gasteiger partial charge in [-0.3, -0.25) is 10.2 Å². The Bertz CT molecular complexity index is 287. The van der Waals surface area contributed by atoms with Crippen LogP contribution in [-0.4, -0.2) is 15.9 Å². The van der Waals surface area contributed by atoms with Crippen molar-refractivity contribution in [3.05, 3.63) is 18.1 Å². The normalized spacial score (nSPS) is 9.17. The molecule has 1 aromatic heterocycles. The Labute approximate surface area is 68.1 Å². The summed E-state index contributed by atoms with van der Waals surface area (Å²) in [7, 11) is 0. The van der Waals surface area contributed by atoms with Gasteiger partial charge in [0, 0.05) is 6.20 Å². The van der Waals surface area contributed by atoms with Crippen molar-refractivity contribution in [1.82, 2.24) is 15.4 Å². The van der Waals surface area contributed by atoms with E-state index >= 15 is 0 Å². The summed E-state index contributed by atoms with van der Waals surface area (Å²) >= 11 is 0. The Morgan fingerprint density at radius 2 is 2.25 bits per heavy atom. The molecule has 0 aliphatic heterocycles. The Kier molecular flexibility index (Phi) is 2.51. The minimum atomic E-state index is -0.497. The summed E-state index contributed by atoms with van der Waals surface area (Å²) in [4.78, 5) is 18.3. The van der Waals surface area contributed by atoms with Gasteiger partial charge in [0.1, 0.15) is 11.9 Å². The van der Waals surface area contributed by atoms with Crippen molar-refractivity contribution in [3.63, 3.8) is 0 Å². The number of hydrazine groups is 2. The minimum absolute atomic E-state index is 0.197. The fourth-order valence-electron chi connectivity index (χ4n) is 0.689. The molecule has 0 aliphatic carbocycles. The van der Waals surface area contributed by atoms with Crippen molar-refractivity contribution in [2.45, 2.75) is 0 Å². The Hall–Kier alpha value is -1.73. The van der Waals surface area contributed by atoms with Crippen LogP contribution in [0.2, 0.25) is 0 Å². The smallest absolute Gasteiger partial charge is 0.270 e. The fraction of sp³-hybridized carbons (Fsp3) is 0. The SMILES string of the molecule is NNC(=O)c1cncnc1NN. The van der Waals surface area contributed by atoms with Crippen molar-refractivity contribution in [2.24, 2.45) is 11.7 Å². The maximum atomic E-state index is 11.0. The van der Waals surface area contributed by atoms with E-state index in [0.717, 1.165) is 0 Å². The monoisotopic (exact) mass is 168 g/mol. The molecule has 1 heterocycles. The summed E-state index contributed by atoms with van der Waals surface area (Å²) in [6.07, 6.45) is 2.58. The quantitative estimate of drug-likeness (QED) is 0.239. The van der Waals surface area contributed by atoms with E-state index in [-0.39, 0.29) is 11.4 Å². The number of hydrogen-bond acceptors (Lipinski definition) is 6. The van der Waals surface area contributed by atoms with Crippen LogP contribution < -0.4 is 22.5 Å². The molecule has 1 rings (SSSR count). The number of nitrogens with two attached hydrogens (primary N) is 2. The molecule has 0 saturated heterocycles. The molecule has 0 atom stereocenters. The van der Waals surface area contributed by atoms with Crippen LogP contribution in [0, 0.1) is 0 Å². The minimum Gasteiger partial charge on any atom is -0.308 e. The van der Waals surface area contributed by atoms with Gasteiger partial charge in [-0.05, 0) is 0 Å². The lowest BCUT2D eigenvalue weighted by atomic mass is 10.3. The Morgan fingerprint density at radius 3 is 2.83 bits per heavy atom. The predicted octanol–water partition coefficient (Wildman–Crippen LogP) is -1.63. The van der Waals surface area contributed by atoms with E-state index in [1.165, 1.54) is 12.5 Å². The molecule has 1 aromatic rings. The molecule has 0 aliphatic rings. The van der Waals surface area contributed by atoms with Crippen LogP contribution in [0.5, 0.6) is 0 Å². The summed E-state index contributed by atoms with van der Waals surface area (Å²) in [6, 6.07) is 0. The van der Waals surface area contributed by atoms with Crippen LogP contribution in [-0.2, 0) is 0 Å². The van der Waals surface area contributed by atoms with Crippen LogP contribution >= 0.6 is 0 Å². The van der Waals surface area contributed by atoms with Gasteiger partial charge in [-0.2, -0.15) is 0 Å². The molecule has 0 spiro atoms. The molecule has 7 nitrogen and oxygen atoms in total. The van der Waals surface area contributed by atoms with Gasteiger partial charge in [0.15, 0.2) is 5.82 Å². The van der Waals surface area contributed by atoms with Gasteiger partial charge in [-0.1, -0.05) is 0 Å². The second-order valence-corrected chi connectivity index (χ2v) is 1.90. The zero-order valence-corrected chi connectivity index (χ0v) is 6.11. The molecule has 7 heteroatoms. The first kappa shape index (κ1) is 8.37. The van der Waals surface area contributed by atoms with Crippen LogP contribution in [0.4, 0.5) is 5.82 Å². The first-order valence-corrected chi connectivity index (χ1v) is 3.07.